The molecule has 1 N–H and O–H groups in total. The zero-order valence-corrected chi connectivity index (χ0v) is 13.1. The lowest BCUT2D eigenvalue weighted by Gasteiger charge is -2.18. The monoisotopic (exact) mass is 352 g/mol. The normalized spacial score (nSPS) is 14.1. The van der Waals surface area contributed by atoms with Crippen molar-refractivity contribution in [1.29, 1.82) is 0 Å². The van der Waals surface area contributed by atoms with Crippen LogP contribution in [0.1, 0.15) is 20.8 Å². The van der Waals surface area contributed by atoms with Gasteiger partial charge in [-0.25, -0.2) is 0 Å². The van der Waals surface area contributed by atoms with Crippen molar-refractivity contribution in [2.24, 2.45) is 0 Å². The van der Waals surface area contributed by atoms with Gasteiger partial charge in [-0.2, -0.15) is 0 Å². The largest absolute Gasteiger partial charge is 0.351 e. The third-order valence-electron chi connectivity index (χ3n) is 3.10. The molecule has 0 fully saturated rings. The number of ketones is 2. The van der Waals surface area contributed by atoms with Crippen LogP contribution in [0.4, 0.5) is 5.69 Å². The zero-order valence-electron chi connectivity index (χ0n) is 10.9. The third kappa shape index (κ3) is 2.50. The quantitative estimate of drug-likeness (QED) is 0.873. The fraction of sp³-hybridized carbons (Fsp3) is 0. The van der Waals surface area contributed by atoms with E-state index >= 15 is 0 Å². The van der Waals surface area contributed by atoms with Crippen molar-refractivity contribution in [3.05, 3.63) is 68.6 Å². The molecule has 110 valence electrons. The van der Waals surface area contributed by atoms with Gasteiger partial charge in [0, 0.05) is 11.9 Å². The van der Waals surface area contributed by atoms with Crippen molar-refractivity contribution in [3.63, 3.8) is 0 Å². The van der Waals surface area contributed by atoms with E-state index in [2.05, 4.69) is 10.3 Å². The lowest BCUT2D eigenvalue weighted by molar-refractivity contribution is 0.0978. The molecule has 1 heterocycles. The molecular weight excluding hydrogens is 347 g/mol. The van der Waals surface area contributed by atoms with Crippen molar-refractivity contribution >= 4 is 52.1 Å². The lowest BCUT2D eigenvalue weighted by Crippen LogP contribution is -2.25. The Balaban J connectivity index is 2.03. The van der Waals surface area contributed by atoms with E-state index in [1.165, 1.54) is 18.3 Å². The number of aromatic nitrogens is 1. The fourth-order valence-corrected chi connectivity index (χ4v) is 2.57. The summed E-state index contributed by atoms with van der Waals surface area (Å²) in [6, 6.07) is 7.85. The number of pyridine rings is 1. The van der Waals surface area contributed by atoms with E-state index in [0.29, 0.717) is 15.7 Å². The molecule has 1 aliphatic rings. The molecule has 0 amide bonds. The van der Waals surface area contributed by atoms with Crippen molar-refractivity contribution in [1.82, 2.24) is 4.98 Å². The first-order valence-corrected chi connectivity index (χ1v) is 7.28. The van der Waals surface area contributed by atoms with Gasteiger partial charge in [0.15, 0.2) is 0 Å². The van der Waals surface area contributed by atoms with Gasteiger partial charge in [0.2, 0.25) is 11.6 Å². The maximum atomic E-state index is 12.5. The molecule has 22 heavy (non-hydrogen) atoms. The highest BCUT2D eigenvalue weighted by Crippen LogP contribution is 2.30. The van der Waals surface area contributed by atoms with Crippen molar-refractivity contribution in [3.8, 4) is 0 Å². The van der Waals surface area contributed by atoms with Gasteiger partial charge < -0.3 is 5.32 Å². The number of rotatable bonds is 2. The topological polar surface area (TPSA) is 59.1 Å². The van der Waals surface area contributed by atoms with Crippen LogP contribution in [0.2, 0.25) is 10.0 Å². The Bertz CT molecular complexity index is 846. The van der Waals surface area contributed by atoms with Crippen LogP contribution in [-0.4, -0.2) is 16.6 Å². The molecule has 1 aromatic carbocycles. The number of carbonyl (C=O) groups excluding carboxylic acids is 2. The number of fused-ring (bicyclic) bond motifs is 1. The van der Waals surface area contributed by atoms with E-state index in [9.17, 15) is 9.59 Å². The highest BCUT2D eigenvalue weighted by Gasteiger charge is 2.32. The maximum Gasteiger partial charge on any atom is 0.225 e. The number of allylic oxidation sites excluding steroid dienone is 2. The number of halogens is 3. The highest BCUT2D eigenvalue weighted by molar-refractivity contribution is 6.50. The SMILES string of the molecule is O=C1C(Nc2ccc(Cl)c(Cl)c2)=C(Cl)C(=O)c2ncccc21. The molecule has 1 aromatic heterocycles. The summed E-state index contributed by atoms with van der Waals surface area (Å²) in [4.78, 5) is 28.6. The molecule has 4 nitrogen and oxygen atoms in total. The summed E-state index contributed by atoms with van der Waals surface area (Å²) in [6.45, 7) is 0. The van der Waals surface area contributed by atoms with Gasteiger partial charge in [0.25, 0.3) is 0 Å². The minimum atomic E-state index is -0.501. The molecule has 3 rings (SSSR count). The summed E-state index contributed by atoms with van der Waals surface area (Å²) < 4.78 is 0. The van der Waals surface area contributed by atoms with Crippen LogP contribution in [-0.2, 0) is 0 Å². The minimum absolute atomic E-state index is 0.00874. The molecule has 0 bridgehead atoms. The van der Waals surface area contributed by atoms with Gasteiger partial charge in [0.05, 0.1) is 15.6 Å². The Morgan fingerprint density at radius 2 is 1.73 bits per heavy atom. The van der Waals surface area contributed by atoms with Crippen LogP contribution >= 0.6 is 34.8 Å². The maximum absolute atomic E-state index is 12.5. The second kappa shape index (κ2) is 5.72. The van der Waals surface area contributed by atoms with E-state index in [4.69, 9.17) is 34.8 Å². The van der Waals surface area contributed by atoms with Crippen LogP contribution in [0.5, 0.6) is 0 Å². The van der Waals surface area contributed by atoms with Crippen LogP contribution in [0.15, 0.2) is 47.3 Å². The molecule has 0 saturated heterocycles. The van der Waals surface area contributed by atoms with Crippen LogP contribution < -0.4 is 5.32 Å². The van der Waals surface area contributed by atoms with Gasteiger partial charge in [-0.1, -0.05) is 34.8 Å². The summed E-state index contributed by atoms with van der Waals surface area (Å²) in [5.41, 5.74) is 0.748. The third-order valence-corrected chi connectivity index (χ3v) is 4.20. The van der Waals surface area contributed by atoms with Gasteiger partial charge in [-0.3, -0.25) is 14.6 Å². The average molecular weight is 354 g/mol. The molecule has 0 unspecified atom stereocenters. The smallest absolute Gasteiger partial charge is 0.225 e. The molecule has 7 heteroatoms. The summed E-state index contributed by atoms with van der Waals surface area (Å²) in [6.07, 6.45) is 1.44. The van der Waals surface area contributed by atoms with Gasteiger partial charge in [0.1, 0.15) is 16.4 Å². The van der Waals surface area contributed by atoms with Crippen LogP contribution in [0, 0.1) is 0 Å². The number of benzene rings is 1. The highest BCUT2D eigenvalue weighted by atomic mass is 35.5. The number of Topliss-reactive ketones (excluding diaryl/α,β-unsaturated/α-hetero) is 2. The molecule has 2 aromatic rings. The number of hydrogen-bond acceptors (Lipinski definition) is 4. The molecule has 0 aliphatic heterocycles. The van der Waals surface area contributed by atoms with Gasteiger partial charge in [-0.15, -0.1) is 0 Å². The number of nitrogens with zero attached hydrogens (tertiary/aromatic N) is 1. The summed E-state index contributed by atoms with van der Waals surface area (Å²) in [7, 11) is 0. The predicted octanol–water partition coefficient (Wildman–Crippen LogP) is 4.33. The zero-order chi connectivity index (χ0) is 15.9. The van der Waals surface area contributed by atoms with Crippen molar-refractivity contribution < 1.29 is 9.59 Å². The number of carbonyl (C=O) groups is 2. The Labute approximate surface area is 140 Å². The molecule has 0 atom stereocenters. The summed E-state index contributed by atoms with van der Waals surface area (Å²) in [5, 5.41) is 3.32. The summed E-state index contributed by atoms with van der Waals surface area (Å²) >= 11 is 17.8. The molecular formula is C15H7Cl3N2O2. The summed E-state index contributed by atoms with van der Waals surface area (Å²) in [5.74, 6) is -0.904. The molecule has 1 aliphatic carbocycles. The van der Waals surface area contributed by atoms with E-state index < -0.39 is 11.6 Å². The standard InChI is InChI=1S/C15H7Cl3N2O2/c16-9-4-3-7(6-10(9)17)20-13-11(18)15(22)12-8(14(13)21)2-1-5-19-12/h1-6,20H. The Morgan fingerprint density at radius 3 is 2.45 bits per heavy atom. The van der Waals surface area contributed by atoms with E-state index in [1.807, 2.05) is 0 Å². The molecule has 0 radical (unpaired) electrons. The molecule has 0 spiro atoms. The minimum Gasteiger partial charge on any atom is -0.351 e. The predicted molar refractivity (Wildman–Crippen MR) is 85.9 cm³/mol. The Morgan fingerprint density at radius 1 is 0.955 bits per heavy atom. The van der Waals surface area contributed by atoms with Gasteiger partial charge in [-0.05, 0) is 30.3 Å². The Hall–Kier alpha value is -1.88. The van der Waals surface area contributed by atoms with E-state index in [-0.39, 0.29) is 22.0 Å². The van der Waals surface area contributed by atoms with Crippen LogP contribution in [0.25, 0.3) is 0 Å². The second-order valence-electron chi connectivity index (χ2n) is 4.50. The van der Waals surface area contributed by atoms with Crippen molar-refractivity contribution in [2.45, 2.75) is 0 Å². The first-order chi connectivity index (χ1) is 10.5. The number of nitrogens with one attached hydrogen (secondary N) is 1. The van der Waals surface area contributed by atoms with Crippen LogP contribution in [0.3, 0.4) is 0 Å². The fourth-order valence-electron chi connectivity index (χ4n) is 2.05. The Kier molecular flexibility index (Phi) is 3.91. The van der Waals surface area contributed by atoms with E-state index in [1.54, 1.807) is 18.2 Å². The van der Waals surface area contributed by atoms with Gasteiger partial charge >= 0.3 is 0 Å². The van der Waals surface area contributed by atoms with Crippen molar-refractivity contribution in [2.75, 3.05) is 5.32 Å². The average Bonchev–Trinajstić information content (AvgIpc) is 2.53. The van der Waals surface area contributed by atoms with E-state index in [0.717, 1.165) is 0 Å². The first kappa shape index (κ1) is 15.0. The molecule has 0 saturated carbocycles. The second-order valence-corrected chi connectivity index (χ2v) is 5.69. The lowest BCUT2D eigenvalue weighted by atomic mass is 9.97. The number of hydrogen-bond donors (Lipinski definition) is 1. The number of anilines is 1. The first-order valence-electron chi connectivity index (χ1n) is 6.15.